The molecule has 1 amide bonds. The summed E-state index contributed by atoms with van der Waals surface area (Å²) < 4.78 is 23.3. The number of aliphatic hydroxyl groups excluding tert-OH is 1. The van der Waals surface area contributed by atoms with Gasteiger partial charge in [0.15, 0.2) is 0 Å². The van der Waals surface area contributed by atoms with E-state index in [-0.39, 0.29) is 12.5 Å². The number of hydrogen-bond acceptors (Lipinski definition) is 6. The molecule has 424 valence electrons. The molecule has 0 aliphatic rings. The summed E-state index contributed by atoms with van der Waals surface area (Å²) in [6, 6.07) is -0.910. The first-order valence-electron chi connectivity index (χ1n) is 30.4. The molecule has 9 heteroatoms. The maximum atomic E-state index is 12.9. The number of quaternary nitrogens is 1. The van der Waals surface area contributed by atoms with Crippen LogP contribution in [0.1, 0.15) is 264 Å². The lowest BCUT2D eigenvalue weighted by atomic mass is 10.0. The van der Waals surface area contributed by atoms with Gasteiger partial charge < -0.3 is 28.8 Å². The van der Waals surface area contributed by atoms with Gasteiger partial charge in [0.2, 0.25) is 5.91 Å². The number of unbranched alkanes of at least 4 members (excludes halogenated alkanes) is 30. The van der Waals surface area contributed by atoms with Gasteiger partial charge in [-0.05, 0) is 77.0 Å². The number of carbonyl (C=O) groups is 1. The molecule has 0 aliphatic heterocycles. The first-order valence-corrected chi connectivity index (χ1v) is 31.9. The number of rotatable bonds is 55. The Kier molecular flexibility index (Phi) is 52.7. The van der Waals surface area contributed by atoms with E-state index in [4.69, 9.17) is 9.05 Å². The summed E-state index contributed by atoms with van der Waals surface area (Å²) in [7, 11) is 1.23. The second-order valence-corrected chi connectivity index (χ2v) is 23.1. The van der Waals surface area contributed by atoms with Gasteiger partial charge in [-0.25, -0.2) is 0 Å². The topological polar surface area (TPSA) is 108 Å². The van der Waals surface area contributed by atoms with Crippen molar-refractivity contribution in [3.8, 4) is 0 Å². The molecule has 0 saturated carbocycles. The summed E-state index contributed by atoms with van der Waals surface area (Å²) in [6.07, 6.45) is 77.1. The minimum Gasteiger partial charge on any atom is -0.756 e. The maximum absolute atomic E-state index is 12.9. The highest BCUT2D eigenvalue weighted by Gasteiger charge is 2.23. The van der Waals surface area contributed by atoms with Gasteiger partial charge in [-0.3, -0.25) is 9.36 Å². The minimum absolute atomic E-state index is 0.0100. The van der Waals surface area contributed by atoms with Crippen molar-refractivity contribution in [3.63, 3.8) is 0 Å². The van der Waals surface area contributed by atoms with Gasteiger partial charge in [0, 0.05) is 6.42 Å². The average Bonchev–Trinajstić information content (AvgIpc) is 3.35. The molecule has 0 aliphatic carbocycles. The molecule has 0 fully saturated rings. The highest BCUT2D eigenvalue weighted by atomic mass is 31.2. The number of likely N-dealkylation sites (N-methyl/N-ethyl adjacent to an activating group) is 1. The van der Waals surface area contributed by atoms with Crippen molar-refractivity contribution in [1.82, 2.24) is 5.32 Å². The second-order valence-electron chi connectivity index (χ2n) is 21.7. The number of carbonyl (C=O) groups excluding carboxylic acids is 1. The predicted molar refractivity (Wildman–Crippen MR) is 316 cm³/mol. The fourth-order valence-corrected chi connectivity index (χ4v) is 9.30. The Hall–Kier alpha value is -2.32. The van der Waals surface area contributed by atoms with Gasteiger partial charge in [-0.15, -0.1) is 0 Å². The summed E-state index contributed by atoms with van der Waals surface area (Å²) in [5, 5.41) is 13.8. The summed E-state index contributed by atoms with van der Waals surface area (Å²) in [5.74, 6) is -0.211. The Balaban J connectivity index is 3.89. The smallest absolute Gasteiger partial charge is 0.268 e. The Bertz CT molecular complexity index is 1460. The number of allylic oxidation sites excluding steroid dienone is 13. The summed E-state index contributed by atoms with van der Waals surface area (Å²) in [6.45, 7) is 4.46. The molecule has 0 radical (unpaired) electrons. The number of hydrogen-bond donors (Lipinski definition) is 2. The molecule has 0 bridgehead atoms. The molecule has 3 unspecified atom stereocenters. The highest BCUT2D eigenvalue weighted by Crippen LogP contribution is 2.38. The van der Waals surface area contributed by atoms with Gasteiger partial charge in [0.1, 0.15) is 13.2 Å². The predicted octanol–water partition coefficient (Wildman–Crippen LogP) is 18.2. The normalized spacial score (nSPS) is 14.5. The third-order valence-electron chi connectivity index (χ3n) is 13.3. The van der Waals surface area contributed by atoms with Crippen molar-refractivity contribution >= 4 is 13.7 Å². The van der Waals surface area contributed by atoms with Crippen molar-refractivity contribution in [2.45, 2.75) is 276 Å². The zero-order chi connectivity index (χ0) is 53.5. The SMILES string of the molecule is CC/C=C\C/C=C\C/C=C\C/C=C\CCCCCCCCCCCCCCCCCCCCCCCCCCCCC(=O)NC(COP(=O)([O-])OCC[N+](C)(C)C)C(O)/C=C/CC/C=C/CC/C=C/CCCC. The fraction of sp³-hybridized carbons (Fsp3) is 0.766. The van der Waals surface area contributed by atoms with E-state index in [0.29, 0.717) is 17.4 Å². The van der Waals surface area contributed by atoms with E-state index in [2.05, 4.69) is 92.1 Å². The Morgan fingerprint density at radius 1 is 0.493 bits per heavy atom. The van der Waals surface area contributed by atoms with Crippen LogP contribution in [-0.2, 0) is 18.4 Å². The molecule has 8 nitrogen and oxygen atoms in total. The number of amides is 1. The molecule has 0 rings (SSSR count). The van der Waals surface area contributed by atoms with Crippen molar-refractivity contribution in [2.75, 3.05) is 40.9 Å². The van der Waals surface area contributed by atoms with Crippen molar-refractivity contribution in [3.05, 3.63) is 85.1 Å². The number of aliphatic hydroxyl groups is 1. The number of nitrogens with one attached hydrogen (secondary N) is 1. The maximum Gasteiger partial charge on any atom is 0.268 e. The van der Waals surface area contributed by atoms with E-state index in [1.807, 2.05) is 27.2 Å². The van der Waals surface area contributed by atoms with Crippen LogP contribution >= 0.6 is 7.82 Å². The summed E-state index contributed by atoms with van der Waals surface area (Å²) in [5.41, 5.74) is 0. The first kappa shape index (κ1) is 70.7. The van der Waals surface area contributed by atoms with Crippen LogP contribution in [0.15, 0.2) is 85.1 Å². The van der Waals surface area contributed by atoms with Crippen LogP contribution in [0.25, 0.3) is 0 Å². The highest BCUT2D eigenvalue weighted by molar-refractivity contribution is 7.45. The van der Waals surface area contributed by atoms with Gasteiger partial charge in [0.25, 0.3) is 7.82 Å². The molecule has 0 spiro atoms. The number of phosphoric ester groups is 1. The molecule has 0 aromatic rings. The van der Waals surface area contributed by atoms with Crippen LogP contribution in [0.3, 0.4) is 0 Å². The van der Waals surface area contributed by atoms with Crippen LogP contribution in [-0.4, -0.2) is 68.5 Å². The van der Waals surface area contributed by atoms with Crippen LogP contribution in [0.2, 0.25) is 0 Å². The molecule has 73 heavy (non-hydrogen) atoms. The third kappa shape index (κ3) is 57.2. The van der Waals surface area contributed by atoms with E-state index in [1.165, 1.54) is 167 Å². The molecule has 0 heterocycles. The van der Waals surface area contributed by atoms with E-state index in [9.17, 15) is 19.4 Å². The lowest BCUT2D eigenvalue weighted by Gasteiger charge is -2.29. The van der Waals surface area contributed by atoms with Crippen LogP contribution < -0.4 is 10.2 Å². The largest absolute Gasteiger partial charge is 0.756 e. The monoisotopic (exact) mass is 1040 g/mol. The van der Waals surface area contributed by atoms with Crippen molar-refractivity contribution < 1.29 is 32.9 Å². The van der Waals surface area contributed by atoms with Crippen molar-refractivity contribution in [1.29, 1.82) is 0 Å². The summed E-state index contributed by atoms with van der Waals surface area (Å²) >= 11 is 0. The lowest BCUT2D eigenvalue weighted by Crippen LogP contribution is -2.45. The quantitative estimate of drug-likeness (QED) is 0.0272. The van der Waals surface area contributed by atoms with E-state index < -0.39 is 26.6 Å². The third-order valence-corrected chi connectivity index (χ3v) is 14.3. The molecular weight excluding hydrogens is 924 g/mol. The molecule has 3 atom stereocenters. The van der Waals surface area contributed by atoms with Crippen LogP contribution in [0.5, 0.6) is 0 Å². The van der Waals surface area contributed by atoms with Crippen molar-refractivity contribution in [2.24, 2.45) is 0 Å². The Labute approximate surface area is 452 Å². The van der Waals surface area contributed by atoms with Gasteiger partial charge in [-0.1, -0.05) is 266 Å². The molecule has 2 N–H and O–H groups in total. The number of nitrogens with zero attached hydrogens (tertiary/aromatic N) is 1. The van der Waals surface area contributed by atoms with Crippen LogP contribution in [0, 0.1) is 0 Å². The number of phosphoric acid groups is 1. The van der Waals surface area contributed by atoms with Gasteiger partial charge in [0.05, 0.1) is 39.9 Å². The standard InChI is InChI=1S/C64H117N2O6P/c1-6-8-10-12-14-16-18-20-21-22-23-24-25-26-27-28-29-30-31-32-33-34-35-36-37-38-39-40-41-42-43-44-45-46-48-50-52-54-56-58-64(68)65-62(61-72-73(69,70)71-60-59-66(3,4)5)63(67)57-55-53-51-49-47-19-17-15-13-11-9-7-2/h8,10,13-16,20-21,23-24,47,49,55,57,62-63,67H,6-7,9,11-12,17-19,22,25-46,48,50-54,56,58-61H2,1-5H3,(H-,65,68,69,70)/b10-8-,15-13+,16-14-,21-20-,24-23-,49-47+,57-55+. The Morgan fingerprint density at radius 2 is 0.849 bits per heavy atom. The fourth-order valence-electron chi connectivity index (χ4n) is 8.58. The minimum atomic E-state index is -4.60. The Morgan fingerprint density at radius 3 is 1.27 bits per heavy atom. The van der Waals surface area contributed by atoms with E-state index >= 15 is 0 Å². The lowest BCUT2D eigenvalue weighted by molar-refractivity contribution is -0.870. The molecule has 0 aromatic carbocycles. The molecular formula is C64H117N2O6P. The second kappa shape index (κ2) is 54.5. The van der Waals surface area contributed by atoms with Gasteiger partial charge in [-0.2, -0.15) is 0 Å². The zero-order valence-corrected chi connectivity index (χ0v) is 49.2. The first-order chi connectivity index (χ1) is 35.5. The van der Waals surface area contributed by atoms with E-state index in [1.54, 1.807) is 6.08 Å². The zero-order valence-electron chi connectivity index (χ0n) is 48.3. The summed E-state index contributed by atoms with van der Waals surface area (Å²) in [4.78, 5) is 25.4. The molecule has 0 aromatic heterocycles. The van der Waals surface area contributed by atoms with Crippen LogP contribution in [0.4, 0.5) is 0 Å². The van der Waals surface area contributed by atoms with Gasteiger partial charge >= 0.3 is 0 Å². The van der Waals surface area contributed by atoms with E-state index in [0.717, 1.165) is 77.0 Å². The average molecular weight is 1040 g/mol. The molecule has 0 saturated heterocycles.